The van der Waals surface area contributed by atoms with Crippen molar-refractivity contribution in [2.75, 3.05) is 0 Å². The Hall–Kier alpha value is -0.900. The van der Waals surface area contributed by atoms with Gasteiger partial charge in [0.15, 0.2) is 0 Å². The lowest BCUT2D eigenvalue weighted by Gasteiger charge is -2.40. The Balaban J connectivity index is 1.74. The quantitative estimate of drug-likeness (QED) is 0.497. The summed E-state index contributed by atoms with van der Waals surface area (Å²) >= 11 is 0. The van der Waals surface area contributed by atoms with Gasteiger partial charge in [-0.05, 0) is 94.0 Å². The van der Waals surface area contributed by atoms with Crippen LogP contribution >= 0.6 is 0 Å². The predicted octanol–water partition coefficient (Wildman–Crippen LogP) is 5.56. The normalized spacial score (nSPS) is 37.7. The summed E-state index contributed by atoms with van der Waals surface area (Å²) in [5, 5.41) is 30.2. The second-order valence-electron chi connectivity index (χ2n) is 11.2. The summed E-state index contributed by atoms with van der Waals surface area (Å²) < 4.78 is 0. The second kappa shape index (κ2) is 9.30. The predicted molar refractivity (Wildman–Crippen MR) is 124 cm³/mol. The van der Waals surface area contributed by atoms with Gasteiger partial charge in [0.2, 0.25) is 0 Å². The molecule has 0 radical (unpaired) electrons. The van der Waals surface area contributed by atoms with E-state index in [0.29, 0.717) is 18.3 Å². The molecule has 0 bridgehead atoms. The van der Waals surface area contributed by atoms with Gasteiger partial charge < -0.3 is 15.3 Å². The average Bonchev–Trinajstić information content (AvgIpc) is 3.00. The van der Waals surface area contributed by atoms with Crippen LogP contribution in [0.3, 0.4) is 0 Å². The van der Waals surface area contributed by atoms with E-state index in [4.69, 9.17) is 0 Å². The smallest absolute Gasteiger partial charge is 0.0651 e. The number of rotatable bonds is 6. The van der Waals surface area contributed by atoms with Gasteiger partial charge in [-0.25, -0.2) is 0 Å². The molecule has 170 valence electrons. The molecule has 0 aromatic carbocycles. The average molecular weight is 417 g/mol. The molecule has 3 rings (SSSR count). The van der Waals surface area contributed by atoms with Gasteiger partial charge in [-0.15, -0.1) is 0 Å². The fourth-order valence-electron chi connectivity index (χ4n) is 6.24. The fourth-order valence-corrected chi connectivity index (χ4v) is 6.24. The molecule has 0 spiro atoms. The van der Waals surface area contributed by atoms with Crippen LogP contribution in [0.5, 0.6) is 0 Å². The van der Waals surface area contributed by atoms with E-state index >= 15 is 0 Å². The van der Waals surface area contributed by atoms with Crippen LogP contribution in [0.25, 0.3) is 0 Å². The van der Waals surface area contributed by atoms with Crippen molar-refractivity contribution >= 4 is 0 Å². The lowest BCUT2D eigenvalue weighted by Crippen LogP contribution is -2.31. The molecule has 30 heavy (non-hydrogen) atoms. The third-order valence-electron chi connectivity index (χ3n) is 8.46. The molecule has 7 atom stereocenters. The Morgan fingerprint density at radius 1 is 1.03 bits per heavy atom. The summed E-state index contributed by atoms with van der Waals surface area (Å²) in [6.45, 7) is 10.7. The Labute approximate surface area is 184 Å². The van der Waals surface area contributed by atoms with E-state index in [2.05, 4.69) is 45.1 Å². The molecular weight excluding hydrogens is 372 g/mol. The largest absolute Gasteiger partial charge is 0.393 e. The zero-order valence-electron chi connectivity index (χ0n) is 19.8. The van der Waals surface area contributed by atoms with Crippen LogP contribution in [0.1, 0.15) is 86.0 Å². The number of fused-ring (bicyclic) bond motifs is 1. The minimum absolute atomic E-state index is 0.148. The van der Waals surface area contributed by atoms with Gasteiger partial charge >= 0.3 is 0 Å². The molecule has 2 saturated carbocycles. The molecule has 3 heteroatoms. The number of hydrogen-bond acceptors (Lipinski definition) is 3. The molecule has 2 unspecified atom stereocenters. The zero-order valence-corrected chi connectivity index (χ0v) is 19.8. The van der Waals surface area contributed by atoms with Crippen molar-refractivity contribution in [1.82, 2.24) is 0 Å². The van der Waals surface area contributed by atoms with Gasteiger partial charge in [-0.1, -0.05) is 50.6 Å². The molecule has 0 heterocycles. The van der Waals surface area contributed by atoms with E-state index in [0.717, 1.165) is 19.3 Å². The first-order valence-corrected chi connectivity index (χ1v) is 12.2. The Kier molecular flexibility index (Phi) is 7.37. The zero-order chi connectivity index (χ0) is 22.1. The molecule has 3 aliphatic carbocycles. The highest BCUT2D eigenvalue weighted by Gasteiger charge is 2.46. The molecule has 0 aliphatic heterocycles. The number of aliphatic hydroxyl groups is 3. The molecule has 0 amide bonds. The molecule has 3 N–H and O–H groups in total. The number of aliphatic hydroxyl groups excluding tert-OH is 2. The maximum Gasteiger partial charge on any atom is 0.0651 e. The Morgan fingerprint density at radius 2 is 1.70 bits per heavy atom. The Bertz CT molecular complexity index is 673. The van der Waals surface area contributed by atoms with Crippen LogP contribution < -0.4 is 0 Å². The molecule has 3 nitrogen and oxygen atoms in total. The van der Waals surface area contributed by atoms with Crippen molar-refractivity contribution in [3.05, 3.63) is 35.5 Å². The van der Waals surface area contributed by atoms with E-state index in [9.17, 15) is 15.3 Å². The molecule has 2 fully saturated rings. The van der Waals surface area contributed by atoms with E-state index in [1.807, 2.05) is 13.8 Å². The van der Waals surface area contributed by atoms with Crippen molar-refractivity contribution in [2.45, 2.75) is 104 Å². The topological polar surface area (TPSA) is 60.7 Å². The van der Waals surface area contributed by atoms with Crippen LogP contribution in [-0.2, 0) is 0 Å². The lowest BCUT2D eigenvalue weighted by atomic mass is 9.65. The summed E-state index contributed by atoms with van der Waals surface area (Å²) in [4.78, 5) is 0. The molecule has 3 aliphatic rings. The van der Waals surface area contributed by atoms with Gasteiger partial charge in [0, 0.05) is 5.92 Å². The number of allylic oxidation sites excluding steroid dienone is 5. The molecule has 0 aromatic heterocycles. The highest BCUT2D eigenvalue weighted by molar-refractivity contribution is 5.36. The third-order valence-corrected chi connectivity index (χ3v) is 8.46. The lowest BCUT2D eigenvalue weighted by molar-refractivity contribution is 0.0244. The van der Waals surface area contributed by atoms with E-state index < -0.39 is 5.60 Å². The van der Waals surface area contributed by atoms with Crippen LogP contribution in [0.4, 0.5) is 0 Å². The van der Waals surface area contributed by atoms with Crippen molar-refractivity contribution in [1.29, 1.82) is 0 Å². The van der Waals surface area contributed by atoms with Gasteiger partial charge in [0.05, 0.1) is 17.8 Å². The van der Waals surface area contributed by atoms with Crippen LogP contribution in [0.15, 0.2) is 35.5 Å². The standard InChI is InChI=1S/C27H44O3/c1-18(8-9-19(2)26(3,4)30)24-12-13-25-21(7-6-14-27(24,25)5)11-10-20-15-22(28)17-23(29)16-20/h8-11,18-20,22-24,28-30H,6-7,12-17H2,1-5H3/b9-8+,11-10+/t18-,19+,20?,22-,23?,24-,27-/m1/s1. The van der Waals surface area contributed by atoms with Crippen LogP contribution in [0.2, 0.25) is 0 Å². The first-order valence-electron chi connectivity index (χ1n) is 12.2. The van der Waals surface area contributed by atoms with E-state index in [-0.39, 0.29) is 29.5 Å². The summed E-state index contributed by atoms with van der Waals surface area (Å²) in [6, 6.07) is 0. The van der Waals surface area contributed by atoms with Crippen molar-refractivity contribution < 1.29 is 15.3 Å². The van der Waals surface area contributed by atoms with Gasteiger partial charge in [0.25, 0.3) is 0 Å². The van der Waals surface area contributed by atoms with Gasteiger partial charge in [-0.2, -0.15) is 0 Å². The van der Waals surface area contributed by atoms with Crippen molar-refractivity contribution in [2.24, 2.45) is 29.1 Å². The van der Waals surface area contributed by atoms with E-state index in [1.54, 1.807) is 5.57 Å². The fraction of sp³-hybridized carbons (Fsp3) is 0.778. The monoisotopic (exact) mass is 416 g/mol. The summed E-state index contributed by atoms with van der Waals surface area (Å²) in [5.74, 6) is 1.59. The Morgan fingerprint density at radius 3 is 2.33 bits per heavy atom. The maximum atomic E-state index is 10.2. The first kappa shape index (κ1) is 23.8. The van der Waals surface area contributed by atoms with Gasteiger partial charge in [-0.3, -0.25) is 0 Å². The van der Waals surface area contributed by atoms with Crippen molar-refractivity contribution in [3.63, 3.8) is 0 Å². The number of hydrogen-bond donors (Lipinski definition) is 3. The summed E-state index contributed by atoms with van der Waals surface area (Å²) in [7, 11) is 0. The SMILES string of the molecule is C[C@H](/C=C/[C@H](C)C(C)(C)O)[C@H]1CCC2=C(/C=C/C3CC(O)C[C@H](O)C3)CCC[C@@]21C. The van der Waals surface area contributed by atoms with Crippen LogP contribution in [0, 0.1) is 29.1 Å². The van der Waals surface area contributed by atoms with Gasteiger partial charge in [0.1, 0.15) is 0 Å². The van der Waals surface area contributed by atoms with E-state index in [1.165, 1.54) is 31.3 Å². The summed E-state index contributed by atoms with van der Waals surface area (Å²) in [5.41, 5.74) is 2.76. The minimum atomic E-state index is -0.677. The second-order valence-corrected chi connectivity index (χ2v) is 11.2. The molecule has 0 saturated heterocycles. The maximum absolute atomic E-state index is 10.2. The summed E-state index contributed by atoms with van der Waals surface area (Å²) in [6.07, 6.45) is 16.6. The van der Waals surface area contributed by atoms with Crippen molar-refractivity contribution in [3.8, 4) is 0 Å². The van der Waals surface area contributed by atoms with Crippen LogP contribution in [-0.4, -0.2) is 33.1 Å². The third kappa shape index (κ3) is 5.29. The highest BCUT2D eigenvalue weighted by atomic mass is 16.3. The first-order chi connectivity index (χ1) is 14.0. The molecular formula is C27H44O3. The highest BCUT2D eigenvalue weighted by Crippen LogP contribution is 2.57. The minimum Gasteiger partial charge on any atom is -0.393 e. The molecule has 0 aromatic rings.